The summed E-state index contributed by atoms with van der Waals surface area (Å²) >= 11 is 0. The molecule has 5 heteroatoms. The van der Waals surface area contributed by atoms with Crippen LogP contribution in [0.15, 0.2) is 35.1 Å². The highest BCUT2D eigenvalue weighted by Crippen LogP contribution is 2.18. The number of hydrogen-bond donors (Lipinski definition) is 0. The smallest absolute Gasteiger partial charge is 0.228 e. The molecule has 0 saturated carbocycles. The molecule has 1 aromatic rings. The van der Waals surface area contributed by atoms with Crippen LogP contribution in [0.4, 0.5) is 5.95 Å². The molecule has 2 aliphatic heterocycles. The first-order valence-corrected chi connectivity index (χ1v) is 5.32. The van der Waals surface area contributed by atoms with E-state index >= 15 is 0 Å². The van der Waals surface area contributed by atoms with Crippen molar-refractivity contribution in [2.45, 2.75) is 6.42 Å². The molecule has 0 atom stereocenters. The van der Waals surface area contributed by atoms with Crippen molar-refractivity contribution in [3.8, 4) is 0 Å². The number of hydrogen-bond acceptors (Lipinski definition) is 5. The van der Waals surface area contributed by atoms with Gasteiger partial charge in [0.25, 0.3) is 0 Å². The lowest BCUT2D eigenvalue weighted by Crippen LogP contribution is -2.39. The molecule has 5 nitrogen and oxygen atoms in total. The van der Waals surface area contributed by atoms with Crippen LogP contribution in [-0.4, -0.2) is 35.7 Å². The van der Waals surface area contributed by atoms with Crippen molar-refractivity contribution in [3.05, 3.63) is 30.1 Å². The minimum absolute atomic E-state index is 0.472. The number of fused-ring (bicyclic) bond motifs is 1. The van der Waals surface area contributed by atoms with Gasteiger partial charge in [-0.3, -0.25) is 4.99 Å². The summed E-state index contributed by atoms with van der Waals surface area (Å²) in [6, 6.07) is 1.81. The summed E-state index contributed by atoms with van der Waals surface area (Å²) in [6.07, 6.45) is 6.64. The van der Waals surface area contributed by atoms with Crippen LogP contribution in [0.3, 0.4) is 0 Å². The monoisotopic (exact) mass is 216 g/mol. The molecule has 1 saturated heterocycles. The van der Waals surface area contributed by atoms with Crippen molar-refractivity contribution in [3.63, 3.8) is 0 Å². The molecule has 2 aliphatic rings. The Hall–Kier alpha value is -1.91. The second kappa shape index (κ2) is 3.92. The van der Waals surface area contributed by atoms with Crippen LogP contribution >= 0.6 is 0 Å². The van der Waals surface area contributed by atoms with E-state index in [0.717, 1.165) is 31.0 Å². The maximum absolute atomic E-state index is 5.58. The Kier molecular flexibility index (Phi) is 2.29. The van der Waals surface area contributed by atoms with E-state index in [2.05, 4.69) is 21.0 Å². The van der Waals surface area contributed by atoms with E-state index in [9.17, 15) is 0 Å². The first-order valence-electron chi connectivity index (χ1n) is 5.32. The summed E-state index contributed by atoms with van der Waals surface area (Å²) in [5.41, 5.74) is 1.14. The Bertz CT molecular complexity index is 441. The predicted octanol–water partition coefficient (Wildman–Crippen LogP) is 0.999. The molecule has 0 spiro atoms. The third-order valence-corrected chi connectivity index (χ3v) is 2.60. The molecule has 0 aliphatic carbocycles. The lowest BCUT2D eigenvalue weighted by Gasteiger charge is -2.30. The van der Waals surface area contributed by atoms with Crippen molar-refractivity contribution in [1.82, 2.24) is 9.97 Å². The average molecular weight is 216 g/mol. The fraction of sp³-hybridized carbons (Fsp3) is 0.364. The average Bonchev–Trinajstić information content (AvgIpc) is 2.39. The van der Waals surface area contributed by atoms with Crippen molar-refractivity contribution >= 4 is 11.8 Å². The van der Waals surface area contributed by atoms with E-state index in [4.69, 9.17) is 4.74 Å². The van der Waals surface area contributed by atoms with E-state index in [-0.39, 0.29) is 0 Å². The molecule has 3 rings (SSSR count). The number of anilines is 1. The van der Waals surface area contributed by atoms with Gasteiger partial charge in [0.05, 0.1) is 6.54 Å². The van der Waals surface area contributed by atoms with Gasteiger partial charge in [-0.2, -0.15) is 0 Å². The Labute approximate surface area is 93.5 Å². The molecule has 3 heterocycles. The second-order valence-electron chi connectivity index (χ2n) is 3.73. The van der Waals surface area contributed by atoms with Gasteiger partial charge < -0.3 is 9.64 Å². The van der Waals surface area contributed by atoms with Gasteiger partial charge in [0.1, 0.15) is 0 Å². The highest BCUT2D eigenvalue weighted by Gasteiger charge is 2.23. The Morgan fingerprint density at radius 1 is 1.25 bits per heavy atom. The van der Waals surface area contributed by atoms with Gasteiger partial charge in [0.2, 0.25) is 11.8 Å². The maximum Gasteiger partial charge on any atom is 0.228 e. The van der Waals surface area contributed by atoms with E-state index < -0.39 is 0 Å². The van der Waals surface area contributed by atoms with Crippen LogP contribution in [-0.2, 0) is 4.74 Å². The molecule has 0 N–H and O–H groups in total. The van der Waals surface area contributed by atoms with Gasteiger partial charge in [-0.05, 0) is 12.5 Å². The molecule has 0 radical (unpaired) electrons. The Balaban J connectivity index is 1.81. The molecule has 16 heavy (non-hydrogen) atoms. The van der Waals surface area contributed by atoms with Gasteiger partial charge in [-0.25, -0.2) is 9.97 Å². The highest BCUT2D eigenvalue weighted by atomic mass is 16.5. The third kappa shape index (κ3) is 1.64. The van der Waals surface area contributed by atoms with Crippen LogP contribution in [0, 0.1) is 0 Å². The van der Waals surface area contributed by atoms with Gasteiger partial charge in [-0.1, -0.05) is 6.08 Å². The van der Waals surface area contributed by atoms with Crippen molar-refractivity contribution in [2.75, 3.05) is 24.7 Å². The van der Waals surface area contributed by atoms with Gasteiger partial charge in [-0.15, -0.1) is 0 Å². The van der Waals surface area contributed by atoms with E-state index in [1.165, 1.54) is 0 Å². The van der Waals surface area contributed by atoms with Crippen LogP contribution in [0.1, 0.15) is 6.42 Å². The standard InChI is InChI=1S/C11H12N4O/c1-3-9-7-15(8-16-10(9)12-4-1)11-13-5-2-6-14-11/h2-3,5-6H,1,4,7-8H2. The van der Waals surface area contributed by atoms with Crippen LogP contribution in [0.25, 0.3) is 0 Å². The normalized spacial score (nSPS) is 19.4. The van der Waals surface area contributed by atoms with Crippen LogP contribution in [0.2, 0.25) is 0 Å². The lowest BCUT2D eigenvalue weighted by atomic mass is 10.1. The zero-order valence-corrected chi connectivity index (χ0v) is 8.83. The predicted molar refractivity (Wildman–Crippen MR) is 60.3 cm³/mol. The van der Waals surface area contributed by atoms with Gasteiger partial charge in [0, 0.05) is 24.5 Å². The summed E-state index contributed by atoms with van der Waals surface area (Å²) in [5, 5.41) is 0. The van der Waals surface area contributed by atoms with Crippen LogP contribution in [0.5, 0.6) is 0 Å². The molecule has 0 aromatic carbocycles. The number of rotatable bonds is 1. The molecule has 0 amide bonds. The molecule has 1 aromatic heterocycles. The molecular weight excluding hydrogens is 204 g/mol. The summed E-state index contributed by atoms with van der Waals surface area (Å²) in [6.45, 7) is 2.09. The molecule has 0 unspecified atom stereocenters. The fourth-order valence-corrected chi connectivity index (χ4v) is 1.84. The number of nitrogens with zero attached hydrogens (tertiary/aromatic N) is 4. The SMILES string of the molecule is C1=C2CN(c3ncccn3)COC2=NCC1. The molecular formula is C11H12N4O. The fourth-order valence-electron chi connectivity index (χ4n) is 1.84. The Morgan fingerprint density at radius 3 is 3.00 bits per heavy atom. The lowest BCUT2D eigenvalue weighted by molar-refractivity contribution is 0.283. The summed E-state index contributed by atoms with van der Waals surface area (Å²) in [4.78, 5) is 14.7. The van der Waals surface area contributed by atoms with Crippen molar-refractivity contribution < 1.29 is 4.74 Å². The summed E-state index contributed by atoms with van der Waals surface area (Å²) in [7, 11) is 0. The van der Waals surface area contributed by atoms with Crippen LogP contribution < -0.4 is 4.90 Å². The summed E-state index contributed by atoms with van der Waals surface area (Å²) < 4.78 is 5.58. The number of dihydropyridines is 1. The van der Waals surface area contributed by atoms with E-state index in [1.54, 1.807) is 18.5 Å². The molecule has 0 bridgehead atoms. The Morgan fingerprint density at radius 2 is 2.12 bits per heavy atom. The van der Waals surface area contributed by atoms with E-state index in [0.29, 0.717) is 12.7 Å². The third-order valence-electron chi connectivity index (χ3n) is 2.60. The first kappa shape index (κ1) is 9.33. The van der Waals surface area contributed by atoms with E-state index in [1.807, 2.05) is 4.90 Å². The van der Waals surface area contributed by atoms with Gasteiger partial charge in [0.15, 0.2) is 6.73 Å². The number of aromatic nitrogens is 2. The molecule has 82 valence electrons. The van der Waals surface area contributed by atoms with Gasteiger partial charge >= 0.3 is 0 Å². The second-order valence-corrected chi connectivity index (χ2v) is 3.73. The molecule has 1 fully saturated rings. The maximum atomic E-state index is 5.58. The highest BCUT2D eigenvalue weighted by molar-refractivity contribution is 5.96. The largest absolute Gasteiger partial charge is 0.456 e. The quantitative estimate of drug-likeness (QED) is 0.702. The number of ether oxygens (including phenoxy) is 1. The number of aliphatic imine (C=N–C) groups is 1. The summed E-state index contributed by atoms with van der Waals surface area (Å²) in [5.74, 6) is 1.49. The zero-order valence-electron chi connectivity index (χ0n) is 8.83. The minimum Gasteiger partial charge on any atom is -0.456 e. The minimum atomic E-state index is 0.472. The van der Waals surface area contributed by atoms with Crippen molar-refractivity contribution in [2.24, 2.45) is 4.99 Å². The van der Waals surface area contributed by atoms with Crippen molar-refractivity contribution in [1.29, 1.82) is 0 Å². The topological polar surface area (TPSA) is 50.6 Å². The first-order chi connectivity index (χ1) is 7.93. The zero-order chi connectivity index (χ0) is 10.8.